The van der Waals surface area contributed by atoms with Crippen molar-refractivity contribution in [2.45, 2.75) is 52.6 Å². The molecule has 18 heavy (non-hydrogen) atoms. The summed E-state index contributed by atoms with van der Waals surface area (Å²) >= 11 is 0. The van der Waals surface area contributed by atoms with Gasteiger partial charge in [0.2, 0.25) is 0 Å². The molecule has 1 unspecified atom stereocenters. The molecule has 1 saturated carbocycles. The van der Waals surface area contributed by atoms with Gasteiger partial charge >= 0.3 is 0 Å². The first-order chi connectivity index (χ1) is 8.57. The molecule has 1 aromatic carbocycles. The number of benzene rings is 1. The largest absolute Gasteiger partial charge is 0.493 e. The molecule has 100 valence electrons. The molecule has 2 nitrogen and oxygen atoms in total. The van der Waals surface area contributed by atoms with E-state index in [1.807, 2.05) is 19.1 Å². The maximum atomic E-state index is 10.7. The molecule has 0 radical (unpaired) electrons. The van der Waals surface area contributed by atoms with E-state index in [0.717, 1.165) is 24.2 Å². The molecule has 2 heteroatoms. The minimum atomic E-state index is -0.415. The van der Waals surface area contributed by atoms with Crippen molar-refractivity contribution in [3.8, 4) is 5.75 Å². The maximum absolute atomic E-state index is 10.7. The lowest BCUT2D eigenvalue weighted by Crippen LogP contribution is -2.22. The van der Waals surface area contributed by atoms with Gasteiger partial charge in [0.1, 0.15) is 5.75 Å². The summed E-state index contributed by atoms with van der Waals surface area (Å²) in [5, 5.41) is 10.7. The van der Waals surface area contributed by atoms with Gasteiger partial charge in [0.25, 0.3) is 0 Å². The van der Waals surface area contributed by atoms with Crippen molar-refractivity contribution in [3.63, 3.8) is 0 Å². The van der Waals surface area contributed by atoms with Crippen LogP contribution in [0.25, 0.3) is 0 Å². The summed E-state index contributed by atoms with van der Waals surface area (Å²) in [6.07, 6.45) is 4.25. The summed E-state index contributed by atoms with van der Waals surface area (Å²) in [5.41, 5.74) is 2.15. The quantitative estimate of drug-likeness (QED) is 0.872. The van der Waals surface area contributed by atoms with Gasteiger partial charge < -0.3 is 9.84 Å². The van der Waals surface area contributed by atoms with Crippen molar-refractivity contribution in [1.82, 2.24) is 0 Å². The first-order valence-electron chi connectivity index (χ1n) is 6.98. The Balaban J connectivity index is 2.33. The van der Waals surface area contributed by atoms with Gasteiger partial charge in [-0.3, -0.25) is 0 Å². The molecule has 0 heterocycles. The first-order valence-corrected chi connectivity index (χ1v) is 6.98. The average molecular weight is 248 g/mol. The summed E-state index contributed by atoms with van der Waals surface area (Å²) in [6, 6.07) is 6.09. The van der Waals surface area contributed by atoms with Crippen molar-refractivity contribution in [3.05, 3.63) is 29.3 Å². The van der Waals surface area contributed by atoms with E-state index in [2.05, 4.69) is 19.9 Å². The van der Waals surface area contributed by atoms with E-state index in [4.69, 9.17) is 4.74 Å². The number of aliphatic hydroxyl groups excluding tert-OH is 1. The molecule has 1 N–H and O–H groups in total. The summed E-state index contributed by atoms with van der Waals surface area (Å²) in [4.78, 5) is 0. The molecule has 0 bridgehead atoms. The smallest absolute Gasteiger partial charge is 0.125 e. The zero-order chi connectivity index (χ0) is 13.2. The second-order valence-electron chi connectivity index (χ2n) is 5.74. The summed E-state index contributed by atoms with van der Waals surface area (Å²) < 4.78 is 5.66. The number of hydrogen-bond donors (Lipinski definition) is 1. The zero-order valence-corrected chi connectivity index (χ0v) is 11.7. The maximum Gasteiger partial charge on any atom is 0.125 e. The molecular formula is C16H24O2. The van der Waals surface area contributed by atoms with Crippen molar-refractivity contribution in [2.24, 2.45) is 5.41 Å². The SMILES string of the molecule is CCOc1ccc(C)cc1C(O)C1(C)CCCC1. The minimum Gasteiger partial charge on any atom is -0.493 e. The fourth-order valence-electron chi connectivity index (χ4n) is 3.00. The predicted molar refractivity (Wildman–Crippen MR) is 73.9 cm³/mol. The summed E-state index contributed by atoms with van der Waals surface area (Å²) in [7, 11) is 0. The minimum absolute atomic E-state index is 0.0135. The molecule has 1 atom stereocenters. The highest BCUT2D eigenvalue weighted by Crippen LogP contribution is 2.48. The molecule has 0 amide bonds. The summed E-state index contributed by atoms with van der Waals surface area (Å²) in [6.45, 7) is 6.87. The third kappa shape index (κ3) is 2.54. The molecule has 1 aromatic rings. The Morgan fingerprint density at radius 2 is 2.00 bits per heavy atom. The van der Waals surface area contributed by atoms with Crippen LogP contribution in [0.2, 0.25) is 0 Å². The van der Waals surface area contributed by atoms with Crippen LogP contribution in [0.15, 0.2) is 18.2 Å². The van der Waals surface area contributed by atoms with Crippen LogP contribution in [0.4, 0.5) is 0 Å². The van der Waals surface area contributed by atoms with E-state index in [-0.39, 0.29) is 5.41 Å². The highest BCUT2D eigenvalue weighted by Gasteiger charge is 2.38. The van der Waals surface area contributed by atoms with Gasteiger partial charge in [-0.15, -0.1) is 0 Å². The van der Waals surface area contributed by atoms with Crippen molar-refractivity contribution >= 4 is 0 Å². The third-order valence-electron chi connectivity index (χ3n) is 4.17. The third-order valence-corrected chi connectivity index (χ3v) is 4.17. The predicted octanol–water partition coefficient (Wildman–Crippen LogP) is 4.01. The van der Waals surface area contributed by atoms with E-state index >= 15 is 0 Å². The van der Waals surface area contributed by atoms with Gasteiger partial charge in [0, 0.05) is 5.56 Å². The summed E-state index contributed by atoms with van der Waals surface area (Å²) in [5.74, 6) is 0.837. The number of hydrogen-bond acceptors (Lipinski definition) is 2. The second kappa shape index (κ2) is 5.31. The molecule has 0 aromatic heterocycles. The lowest BCUT2D eigenvalue weighted by molar-refractivity contribution is 0.0384. The van der Waals surface area contributed by atoms with E-state index in [9.17, 15) is 5.11 Å². The van der Waals surface area contributed by atoms with Crippen LogP contribution < -0.4 is 4.74 Å². The molecule has 1 fully saturated rings. The fourth-order valence-corrected chi connectivity index (χ4v) is 3.00. The highest BCUT2D eigenvalue weighted by atomic mass is 16.5. The topological polar surface area (TPSA) is 29.5 Å². The van der Waals surface area contributed by atoms with E-state index in [0.29, 0.717) is 6.61 Å². The Bertz CT molecular complexity index is 406. The van der Waals surface area contributed by atoms with E-state index in [1.54, 1.807) is 0 Å². The van der Waals surface area contributed by atoms with Crippen LogP contribution >= 0.6 is 0 Å². The van der Waals surface area contributed by atoms with Gasteiger partial charge in [-0.25, -0.2) is 0 Å². The Hall–Kier alpha value is -1.02. The molecule has 0 aliphatic heterocycles. The Morgan fingerprint density at radius 3 is 2.61 bits per heavy atom. The van der Waals surface area contributed by atoms with Crippen LogP contribution in [-0.4, -0.2) is 11.7 Å². The Kier molecular flexibility index (Phi) is 3.96. The van der Waals surface area contributed by atoms with Crippen molar-refractivity contribution in [2.75, 3.05) is 6.61 Å². The zero-order valence-electron chi connectivity index (χ0n) is 11.7. The van der Waals surface area contributed by atoms with Gasteiger partial charge in [0.05, 0.1) is 12.7 Å². The van der Waals surface area contributed by atoms with Crippen molar-refractivity contribution < 1.29 is 9.84 Å². The first kappa shape index (κ1) is 13.4. The number of rotatable bonds is 4. The lowest BCUT2D eigenvalue weighted by atomic mass is 9.79. The normalized spacial score (nSPS) is 19.8. The van der Waals surface area contributed by atoms with Crippen LogP contribution in [0.5, 0.6) is 5.75 Å². The number of aryl methyl sites for hydroxylation is 1. The second-order valence-corrected chi connectivity index (χ2v) is 5.74. The van der Waals surface area contributed by atoms with E-state index < -0.39 is 6.10 Å². The van der Waals surface area contributed by atoms with Crippen molar-refractivity contribution in [1.29, 1.82) is 0 Å². The molecule has 2 rings (SSSR count). The molecule has 0 saturated heterocycles. The molecular weight excluding hydrogens is 224 g/mol. The van der Waals surface area contributed by atoms with Crippen LogP contribution in [-0.2, 0) is 0 Å². The van der Waals surface area contributed by atoms with Crippen LogP contribution in [0.3, 0.4) is 0 Å². The Morgan fingerprint density at radius 1 is 1.33 bits per heavy atom. The monoisotopic (exact) mass is 248 g/mol. The fraction of sp³-hybridized carbons (Fsp3) is 0.625. The van der Waals surface area contributed by atoms with Crippen LogP contribution in [0, 0.1) is 12.3 Å². The van der Waals surface area contributed by atoms with Gasteiger partial charge in [-0.2, -0.15) is 0 Å². The lowest BCUT2D eigenvalue weighted by Gasteiger charge is -2.31. The van der Waals surface area contributed by atoms with Gasteiger partial charge in [0.15, 0.2) is 0 Å². The van der Waals surface area contributed by atoms with Crippen LogP contribution in [0.1, 0.15) is 56.8 Å². The van der Waals surface area contributed by atoms with E-state index in [1.165, 1.54) is 18.4 Å². The highest BCUT2D eigenvalue weighted by molar-refractivity contribution is 5.39. The molecule has 0 spiro atoms. The number of ether oxygens (including phenoxy) is 1. The molecule has 1 aliphatic carbocycles. The average Bonchev–Trinajstić information content (AvgIpc) is 2.79. The number of aliphatic hydroxyl groups is 1. The Labute approximate surface area is 110 Å². The van der Waals surface area contributed by atoms with Gasteiger partial charge in [-0.1, -0.05) is 31.4 Å². The standard InChI is InChI=1S/C16H24O2/c1-4-18-14-8-7-12(2)11-13(14)15(17)16(3)9-5-6-10-16/h7-8,11,15,17H,4-6,9-10H2,1-3H3. The van der Waals surface area contributed by atoms with Gasteiger partial charge in [-0.05, 0) is 44.2 Å². The molecule has 1 aliphatic rings.